The predicted molar refractivity (Wildman–Crippen MR) is 154 cm³/mol. The number of fused-ring (bicyclic) bond motifs is 1. The third kappa shape index (κ3) is 6.34. The number of halogens is 3. The van der Waals surface area contributed by atoms with E-state index in [1.807, 2.05) is 48.9 Å². The summed E-state index contributed by atoms with van der Waals surface area (Å²) >= 11 is 18.2. The molecule has 0 fully saturated rings. The molecule has 39 heavy (non-hydrogen) atoms. The average molecular weight is 586 g/mol. The van der Waals surface area contributed by atoms with Crippen LogP contribution in [-0.4, -0.2) is 46.9 Å². The van der Waals surface area contributed by atoms with Gasteiger partial charge < -0.3 is 24.6 Å². The monoisotopic (exact) mass is 584 g/mol. The van der Waals surface area contributed by atoms with E-state index in [1.165, 1.54) is 0 Å². The maximum atomic E-state index is 13.2. The molecule has 7 nitrogen and oxygen atoms in total. The first-order chi connectivity index (χ1) is 18.9. The van der Waals surface area contributed by atoms with Crippen molar-refractivity contribution >= 4 is 46.4 Å². The Morgan fingerprint density at radius 1 is 1.05 bits per heavy atom. The highest BCUT2D eigenvalue weighted by atomic mass is 35.5. The van der Waals surface area contributed by atoms with Crippen LogP contribution < -0.4 is 15.0 Å². The largest absolute Gasteiger partial charge is 0.489 e. The minimum Gasteiger partial charge on any atom is -0.489 e. The average Bonchev–Trinajstić information content (AvgIpc) is 3.38. The first-order valence-corrected chi connectivity index (χ1v) is 13.6. The Hall–Kier alpha value is -3.23. The first kappa shape index (κ1) is 27.3. The van der Waals surface area contributed by atoms with Gasteiger partial charge in [0.2, 0.25) is 0 Å². The molecule has 202 valence electrons. The van der Waals surface area contributed by atoms with Crippen molar-refractivity contribution in [2.45, 2.75) is 19.0 Å². The number of ether oxygens (including phenoxy) is 1. The van der Waals surface area contributed by atoms with Crippen LogP contribution in [-0.2, 0) is 13.1 Å². The van der Waals surface area contributed by atoms with E-state index in [2.05, 4.69) is 19.8 Å². The molecule has 4 aromatic rings. The zero-order valence-electron chi connectivity index (χ0n) is 21.0. The molecule has 0 spiro atoms. The maximum Gasteiger partial charge on any atom is 0.255 e. The molecule has 10 heteroatoms. The predicted octanol–water partition coefficient (Wildman–Crippen LogP) is 5.80. The Bertz CT molecular complexity index is 1460. The third-order valence-corrected chi connectivity index (χ3v) is 7.74. The van der Waals surface area contributed by atoms with Crippen LogP contribution >= 0.6 is 34.8 Å². The molecule has 1 amide bonds. The summed E-state index contributed by atoms with van der Waals surface area (Å²) in [6.45, 7) is 2.48. The minimum absolute atomic E-state index is 0.154. The molecular weight excluding hydrogens is 559 g/mol. The van der Waals surface area contributed by atoms with Crippen molar-refractivity contribution in [2.75, 3.05) is 31.2 Å². The maximum absolute atomic E-state index is 13.2. The summed E-state index contributed by atoms with van der Waals surface area (Å²) in [4.78, 5) is 19.8. The van der Waals surface area contributed by atoms with Gasteiger partial charge in [0.1, 0.15) is 6.61 Å². The summed E-state index contributed by atoms with van der Waals surface area (Å²) in [6, 6.07) is 18.5. The lowest BCUT2D eigenvalue weighted by Gasteiger charge is -2.32. The summed E-state index contributed by atoms with van der Waals surface area (Å²) < 4.78 is 8.09. The lowest BCUT2D eigenvalue weighted by atomic mass is 10.00. The van der Waals surface area contributed by atoms with Crippen molar-refractivity contribution < 1.29 is 14.6 Å². The van der Waals surface area contributed by atoms with Crippen molar-refractivity contribution in [3.63, 3.8) is 0 Å². The lowest BCUT2D eigenvalue weighted by molar-refractivity contribution is 0.0943. The number of aromatic nitrogens is 2. The van der Waals surface area contributed by atoms with Gasteiger partial charge in [-0.05, 0) is 47.5 Å². The number of benzene rings is 3. The van der Waals surface area contributed by atoms with E-state index in [4.69, 9.17) is 39.5 Å². The zero-order chi connectivity index (χ0) is 27.4. The highest BCUT2D eigenvalue weighted by molar-refractivity contribution is 6.42. The summed E-state index contributed by atoms with van der Waals surface area (Å²) in [7, 11) is 0. The first-order valence-electron chi connectivity index (χ1n) is 12.5. The number of imidazole rings is 1. The van der Waals surface area contributed by atoms with E-state index in [1.54, 1.807) is 24.3 Å². The fourth-order valence-corrected chi connectivity index (χ4v) is 5.05. The topological polar surface area (TPSA) is 79.6 Å². The van der Waals surface area contributed by atoms with Gasteiger partial charge in [0.15, 0.2) is 5.75 Å². The number of amides is 1. The van der Waals surface area contributed by atoms with E-state index in [-0.39, 0.29) is 25.0 Å². The fourth-order valence-electron chi connectivity index (χ4n) is 4.62. The Morgan fingerprint density at radius 2 is 1.87 bits per heavy atom. The molecule has 1 aliphatic rings. The molecule has 2 heterocycles. The molecule has 3 aromatic carbocycles. The van der Waals surface area contributed by atoms with Crippen LogP contribution in [0.5, 0.6) is 5.75 Å². The Balaban J connectivity index is 1.30. The Morgan fingerprint density at radius 3 is 2.64 bits per heavy atom. The summed E-state index contributed by atoms with van der Waals surface area (Å²) in [5, 5.41) is 14.4. The number of carbonyl (C=O) groups excluding carboxylic acids is 1. The van der Waals surface area contributed by atoms with E-state index in [0.29, 0.717) is 52.6 Å². The van der Waals surface area contributed by atoms with Crippen molar-refractivity contribution in [1.29, 1.82) is 0 Å². The summed E-state index contributed by atoms with van der Waals surface area (Å²) in [5.74, 6) is -0.0679. The number of aliphatic hydroxyl groups is 1. The number of carbonyl (C=O) groups is 1. The number of hydrogen-bond donors (Lipinski definition) is 2. The van der Waals surface area contributed by atoms with Crippen LogP contribution in [0.2, 0.25) is 15.1 Å². The van der Waals surface area contributed by atoms with Crippen LogP contribution in [0.1, 0.15) is 33.1 Å². The van der Waals surface area contributed by atoms with Crippen LogP contribution in [0.4, 0.5) is 5.69 Å². The highest BCUT2D eigenvalue weighted by Gasteiger charge is 2.25. The Kier molecular flexibility index (Phi) is 8.63. The van der Waals surface area contributed by atoms with Crippen molar-refractivity contribution in [1.82, 2.24) is 14.9 Å². The molecule has 1 aliphatic heterocycles. The van der Waals surface area contributed by atoms with Crippen molar-refractivity contribution in [2.24, 2.45) is 0 Å². The number of aliphatic hydroxyl groups excluding tert-OH is 1. The van der Waals surface area contributed by atoms with Gasteiger partial charge >= 0.3 is 0 Å². The van der Waals surface area contributed by atoms with Gasteiger partial charge in [-0.15, -0.1) is 0 Å². The normalized spacial score (nSPS) is 13.5. The van der Waals surface area contributed by atoms with Crippen LogP contribution in [0, 0.1) is 0 Å². The van der Waals surface area contributed by atoms with Gasteiger partial charge in [-0.3, -0.25) is 4.79 Å². The number of anilines is 1. The molecule has 1 aromatic heterocycles. The minimum atomic E-state index is -0.332. The number of nitrogens with one attached hydrogen (secondary N) is 1. The van der Waals surface area contributed by atoms with Crippen LogP contribution in [0.25, 0.3) is 0 Å². The SMILES string of the molecule is O=C(NCC(CO)c1ccc(Cl)c(Cl)c1)c1cccc2c1OCCN2Cc1cncn1Cc1ccc(Cl)cc1. The molecule has 0 saturated heterocycles. The molecule has 0 saturated carbocycles. The van der Waals surface area contributed by atoms with Crippen molar-refractivity contribution in [3.8, 4) is 5.75 Å². The quantitative estimate of drug-likeness (QED) is 0.260. The summed E-state index contributed by atoms with van der Waals surface area (Å²) in [6.07, 6.45) is 3.68. The highest BCUT2D eigenvalue weighted by Crippen LogP contribution is 2.36. The van der Waals surface area contributed by atoms with Gasteiger partial charge in [0.05, 0.1) is 53.0 Å². The van der Waals surface area contributed by atoms with E-state index < -0.39 is 0 Å². The van der Waals surface area contributed by atoms with Crippen LogP contribution in [0.3, 0.4) is 0 Å². The van der Waals surface area contributed by atoms with Gasteiger partial charge in [-0.25, -0.2) is 4.98 Å². The molecule has 0 aliphatic carbocycles. The zero-order valence-corrected chi connectivity index (χ0v) is 23.3. The number of hydrogen-bond acceptors (Lipinski definition) is 5. The smallest absolute Gasteiger partial charge is 0.255 e. The standard InChI is InChI=1S/C29H27Cl3N4O3/c30-22-7-4-19(5-8-22)15-36-18-33-14-23(36)16-35-10-11-39-28-24(2-1-3-27(28)35)29(38)34-13-21(17-37)20-6-9-25(31)26(32)12-20/h1-9,12,14,18,21,37H,10-11,13,15-17H2,(H,34,38). The molecular formula is C29H27Cl3N4O3. The molecule has 1 atom stereocenters. The van der Waals surface area contributed by atoms with Gasteiger partial charge in [0.25, 0.3) is 5.91 Å². The van der Waals surface area contributed by atoms with E-state index in [0.717, 1.165) is 22.5 Å². The second-order valence-corrected chi connectivity index (χ2v) is 10.6. The second-order valence-electron chi connectivity index (χ2n) is 9.33. The number of para-hydroxylation sites is 1. The van der Waals surface area contributed by atoms with Gasteiger partial charge in [-0.1, -0.05) is 59.1 Å². The van der Waals surface area contributed by atoms with Gasteiger partial charge in [0, 0.05) is 30.2 Å². The molecule has 1 unspecified atom stereocenters. The van der Waals surface area contributed by atoms with Gasteiger partial charge in [-0.2, -0.15) is 0 Å². The van der Waals surface area contributed by atoms with E-state index >= 15 is 0 Å². The molecule has 5 rings (SSSR count). The number of rotatable bonds is 9. The third-order valence-electron chi connectivity index (χ3n) is 6.75. The second kappa shape index (κ2) is 12.3. The molecule has 2 N–H and O–H groups in total. The summed E-state index contributed by atoms with van der Waals surface area (Å²) in [5.41, 5.74) is 4.25. The van der Waals surface area contributed by atoms with Crippen LogP contribution in [0.15, 0.2) is 73.2 Å². The molecule has 0 radical (unpaired) electrons. The Labute approximate surface area is 241 Å². The van der Waals surface area contributed by atoms with E-state index in [9.17, 15) is 9.90 Å². The fraction of sp³-hybridized carbons (Fsp3) is 0.241. The molecule has 0 bridgehead atoms. The number of nitrogens with zero attached hydrogens (tertiary/aromatic N) is 3. The lowest BCUT2D eigenvalue weighted by Crippen LogP contribution is -2.35. The van der Waals surface area contributed by atoms with Crippen molar-refractivity contribution in [3.05, 3.63) is 111 Å².